The summed E-state index contributed by atoms with van der Waals surface area (Å²) in [4.78, 5) is 29.4. The molecule has 0 spiro atoms. The van der Waals surface area contributed by atoms with Crippen LogP contribution < -0.4 is 10.2 Å². The Bertz CT molecular complexity index is 878. The molecule has 1 aromatic heterocycles. The number of amides is 2. The number of hydrogen-bond donors (Lipinski definition) is 1. The molecular formula is C24H33N3O3. The topological polar surface area (TPSA) is 65.8 Å². The van der Waals surface area contributed by atoms with Crippen molar-refractivity contribution >= 4 is 23.2 Å². The van der Waals surface area contributed by atoms with Gasteiger partial charge in [0.05, 0.1) is 12.8 Å². The van der Waals surface area contributed by atoms with Crippen molar-refractivity contribution in [2.75, 3.05) is 24.3 Å². The van der Waals surface area contributed by atoms with Gasteiger partial charge in [0.1, 0.15) is 5.76 Å². The van der Waals surface area contributed by atoms with E-state index in [-0.39, 0.29) is 17.7 Å². The first kappa shape index (κ1) is 21.9. The highest BCUT2D eigenvalue weighted by molar-refractivity contribution is 5.93. The third kappa shape index (κ3) is 5.23. The fourth-order valence-corrected chi connectivity index (χ4v) is 3.61. The maximum Gasteiger partial charge on any atom is 0.228 e. The monoisotopic (exact) mass is 411 g/mol. The van der Waals surface area contributed by atoms with Gasteiger partial charge < -0.3 is 19.5 Å². The molecule has 2 amide bonds. The smallest absolute Gasteiger partial charge is 0.228 e. The van der Waals surface area contributed by atoms with Crippen LogP contribution >= 0.6 is 0 Å². The Labute approximate surface area is 179 Å². The minimum absolute atomic E-state index is 0.0486. The zero-order valence-electron chi connectivity index (χ0n) is 18.7. The molecule has 1 aromatic carbocycles. The highest BCUT2D eigenvalue weighted by Gasteiger charge is 2.29. The van der Waals surface area contributed by atoms with Gasteiger partial charge in [-0.25, -0.2) is 0 Å². The average molecular weight is 412 g/mol. The van der Waals surface area contributed by atoms with Crippen LogP contribution in [0.2, 0.25) is 0 Å². The predicted octanol–water partition coefficient (Wildman–Crippen LogP) is 4.66. The van der Waals surface area contributed by atoms with Crippen molar-refractivity contribution in [1.82, 2.24) is 4.90 Å². The average Bonchev–Trinajstić information content (AvgIpc) is 3.11. The minimum atomic E-state index is -0.513. The van der Waals surface area contributed by atoms with Crippen LogP contribution in [0.4, 0.5) is 11.4 Å². The summed E-state index contributed by atoms with van der Waals surface area (Å²) in [6.07, 6.45) is 4.67. The van der Waals surface area contributed by atoms with E-state index in [1.807, 2.05) is 75.0 Å². The summed E-state index contributed by atoms with van der Waals surface area (Å²) in [7, 11) is 3.96. The number of furan rings is 1. The Kier molecular flexibility index (Phi) is 6.54. The number of rotatable bonds is 7. The molecule has 1 aliphatic carbocycles. The second-order valence-corrected chi connectivity index (χ2v) is 9.35. The Morgan fingerprint density at radius 3 is 2.40 bits per heavy atom. The highest BCUT2D eigenvalue weighted by Crippen LogP contribution is 2.30. The van der Waals surface area contributed by atoms with Crippen molar-refractivity contribution < 1.29 is 14.0 Å². The second-order valence-electron chi connectivity index (χ2n) is 9.35. The standard InChI is InChI=1S/C24H33N3O3/c1-24(2,3)23(29)27(16-20-10-7-13-30-20)15-18-14-19(11-12-21(18)26(4)5)25-22(28)17-8-6-9-17/h7,10-14,17H,6,8-9,15-16H2,1-5H3,(H,25,28). The summed E-state index contributed by atoms with van der Waals surface area (Å²) < 4.78 is 5.50. The molecule has 1 aliphatic rings. The molecule has 0 saturated heterocycles. The van der Waals surface area contributed by atoms with Gasteiger partial charge in [0.2, 0.25) is 11.8 Å². The lowest BCUT2D eigenvalue weighted by atomic mass is 9.85. The molecule has 30 heavy (non-hydrogen) atoms. The van der Waals surface area contributed by atoms with Crippen LogP contribution in [-0.4, -0.2) is 30.8 Å². The van der Waals surface area contributed by atoms with Crippen LogP contribution in [0.15, 0.2) is 41.0 Å². The van der Waals surface area contributed by atoms with Gasteiger partial charge in [-0.2, -0.15) is 0 Å². The van der Waals surface area contributed by atoms with Gasteiger partial charge in [-0.1, -0.05) is 27.2 Å². The van der Waals surface area contributed by atoms with E-state index in [0.29, 0.717) is 13.1 Å². The van der Waals surface area contributed by atoms with E-state index < -0.39 is 5.41 Å². The number of nitrogens with one attached hydrogen (secondary N) is 1. The first-order valence-corrected chi connectivity index (χ1v) is 10.6. The predicted molar refractivity (Wildman–Crippen MR) is 119 cm³/mol. The summed E-state index contributed by atoms with van der Waals surface area (Å²) in [5, 5.41) is 3.05. The molecule has 0 bridgehead atoms. The second kappa shape index (κ2) is 8.94. The van der Waals surface area contributed by atoms with E-state index in [1.165, 1.54) is 0 Å². The largest absolute Gasteiger partial charge is 0.467 e. The Balaban J connectivity index is 1.87. The summed E-state index contributed by atoms with van der Waals surface area (Å²) in [6.45, 7) is 6.60. The molecule has 0 atom stereocenters. The first-order valence-electron chi connectivity index (χ1n) is 10.6. The lowest BCUT2D eigenvalue weighted by molar-refractivity contribution is -0.141. The third-order valence-corrected chi connectivity index (χ3v) is 5.52. The molecular weight excluding hydrogens is 378 g/mol. The normalized spacial score (nSPS) is 14.2. The summed E-state index contributed by atoms with van der Waals surface area (Å²) in [5.74, 6) is 1.00. The van der Waals surface area contributed by atoms with Gasteiger partial charge >= 0.3 is 0 Å². The molecule has 162 valence electrons. The Morgan fingerprint density at radius 1 is 1.13 bits per heavy atom. The zero-order chi connectivity index (χ0) is 21.9. The lowest BCUT2D eigenvalue weighted by Crippen LogP contribution is -2.38. The van der Waals surface area contributed by atoms with E-state index in [9.17, 15) is 9.59 Å². The van der Waals surface area contributed by atoms with E-state index in [2.05, 4.69) is 5.32 Å². The molecule has 1 saturated carbocycles. The number of carbonyl (C=O) groups is 2. The molecule has 1 N–H and O–H groups in total. The minimum Gasteiger partial charge on any atom is -0.467 e. The van der Waals surface area contributed by atoms with Crippen LogP contribution in [0.25, 0.3) is 0 Å². The van der Waals surface area contributed by atoms with Crippen molar-refractivity contribution in [3.05, 3.63) is 47.9 Å². The zero-order valence-corrected chi connectivity index (χ0v) is 18.7. The molecule has 2 aromatic rings. The van der Waals surface area contributed by atoms with E-state index >= 15 is 0 Å². The maximum absolute atomic E-state index is 13.2. The summed E-state index contributed by atoms with van der Waals surface area (Å²) >= 11 is 0. The Hall–Kier alpha value is -2.76. The van der Waals surface area contributed by atoms with Crippen molar-refractivity contribution in [1.29, 1.82) is 0 Å². The van der Waals surface area contributed by atoms with Crippen molar-refractivity contribution in [3.63, 3.8) is 0 Å². The third-order valence-electron chi connectivity index (χ3n) is 5.52. The summed E-state index contributed by atoms with van der Waals surface area (Å²) in [6, 6.07) is 9.62. The Morgan fingerprint density at radius 2 is 1.87 bits per heavy atom. The van der Waals surface area contributed by atoms with Crippen LogP contribution in [0.5, 0.6) is 0 Å². The number of benzene rings is 1. The molecule has 6 nitrogen and oxygen atoms in total. The molecule has 6 heteroatoms. The van der Waals surface area contributed by atoms with Gasteiger partial charge in [0.15, 0.2) is 0 Å². The van der Waals surface area contributed by atoms with Gasteiger partial charge in [0, 0.05) is 43.3 Å². The number of nitrogens with zero attached hydrogens (tertiary/aromatic N) is 2. The lowest BCUT2D eigenvalue weighted by Gasteiger charge is -2.31. The first-order chi connectivity index (χ1) is 14.1. The number of anilines is 2. The molecule has 1 fully saturated rings. The van der Waals surface area contributed by atoms with E-state index in [4.69, 9.17) is 4.42 Å². The quantitative estimate of drug-likeness (QED) is 0.720. The van der Waals surface area contributed by atoms with Crippen molar-refractivity contribution in [2.24, 2.45) is 11.3 Å². The van der Waals surface area contributed by atoms with Gasteiger partial charge in [0.25, 0.3) is 0 Å². The SMILES string of the molecule is CN(C)c1ccc(NC(=O)C2CCC2)cc1CN(Cc1ccco1)C(=O)C(C)(C)C. The maximum atomic E-state index is 13.2. The number of hydrogen-bond acceptors (Lipinski definition) is 4. The fraction of sp³-hybridized carbons (Fsp3) is 0.500. The fourth-order valence-electron chi connectivity index (χ4n) is 3.61. The molecule has 1 heterocycles. The van der Waals surface area contributed by atoms with Crippen LogP contribution in [-0.2, 0) is 22.7 Å². The van der Waals surface area contributed by atoms with Crippen LogP contribution in [0, 0.1) is 11.3 Å². The van der Waals surface area contributed by atoms with Crippen molar-refractivity contribution in [2.45, 2.75) is 53.1 Å². The van der Waals surface area contributed by atoms with Crippen molar-refractivity contribution in [3.8, 4) is 0 Å². The molecule has 0 aliphatic heterocycles. The van der Waals surface area contributed by atoms with Gasteiger partial charge in [-0.3, -0.25) is 9.59 Å². The highest BCUT2D eigenvalue weighted by atomic mass is 16.3. The van der Waals surface area contributed by atoms with E-state index in [1.54, 1.807) is 6.26 Å². The summed E-state index contributed by atoms with van der Waals surface area (Å²) in [5.41, 5.74) is 2.26. The van der Waals surface area contributed by atoms with Gasteiger partial charge in [-0.15, -0.1) is 0 Å². The number of carbonyl (C=O) groups excluding carboxylic acids is 2. The molecule has 0 radical (unpaired) electrons. The molecule has 3 rings (SSSR count). The van der Waals surface area contributed by atoms with E-state index in [0.717, 1.165) is 42.0 Å². The van der Waals surface area contributed by atoms with Crippen LogP contribution in [0.1, 0.15) is 51.4 Å². The van der Waals surface area contributed by atoms with Gasteiger partial charge in [-0.05, 0) is 48.7 Å². The molecule has 0 unspecified atom stereocenters. The van der Waals surface area contributed by atoms with Crippen LogP contribution in [0.3, 0.4) is 0 Å².